The van der Waals surface area contributed by atoms with Crippen LogP contribution in [0.15, 0.2) is 18.2 Å². The third-order valence-corrected chi connectivity index (χ3v) is 4.07. The van der Waals surface area contributed by atoms with Crippen LogP contribution in [0.1, 0.15) is 43.2 Å². The molecule has 86 valence electrons. The lowest BCUT2D eigenvalue weighted by atomic mass is 9.89. The average Bonchev–Trinajstić information content (AvgIpc) is 2.39. The Balaban J connectivity index is 1.93. The number of fused-ring (bicyclic) bond motifs is 1. The van der Waals surface area contributed by atoms with Gasteiger partial charge in [0.25, 0.3) is 0 Å². The van der Waals surface area contributed by atoms with Gasteiger partial charge in [-0.25, -0.2) is 0 Å². The number of rotatable bonds is 1. The Morgan fingerprint density at radius 1 is 0.812 bits per heavy atom. The van der Waals surface area contributed by atoms with Crippen molar-refractivity contribution in [3.05, 3.63) is 29.3 Å². The summed E-state index contributed by atoms with van der Waals surface area (Å²) in [4.78, 5) is 2.62. The minimum atomic E-state index is 1.27. The molecule has 1 aromatic carbocycles. The minimum absolute atomic E-state index is 1.27. The number of hydrogen-bond acceptors (Lipinski definition) is 1. The summed E-state index contributed by atoms with van der Waals surface area (Å²) >= 11 is 0. The van der Waals surface area contributed by atoms with E-state index in [4.69, 9.17) is 0 Å². The molecular formula is C15H21N. The molecule has 1 saturated heterocycles. The first kappa shape index (κ1) is 10.2. The molecule has 0 atom stereocenters. The highest BCUT2D eigenvalue weighted by atomic mass is 15.1. The summed E-state index contributed by atoms with van der Waals surface area (Å²) in [5, 5.41) is 0. The topological polar surface area (TPSA) is 3.24 Å². The highest BCUT2D eigenvalue weighted by Gasteiger charge is 2.18. The molecule has 1 heterocycles. The van der Waals surface area contributed by atoms with Gasteiger partial charge in [-0.15, -0.1) is 0 Å². The zero-order chi connectivity index (χ0) is 10.8. The summed E-state index contributed by atoms with van der Waals surface area (Å²) in [6, 6.07) is 6.94. The minimum Gasteiger partial charge on any atom is -0.371 e. The summed E-state index contributed by atoms with van der Waals surface area (Å²) in [7, 11) is 0. The maximum Gasteiger partial charge on any atom is 0.0401 e. The molecule has 1 aromatic rings. The van der Waals surface area contributed by atoms with Gasteiger partial charge in [0, 0.05) is 18.8 Å². The van der Waals surface area contributed by atoms with Crippen molar-refractivity contribution in [3.8, 4) is 0 Å². The molecule has 16 heavy (non-hydrogen) atoms. The van der Waals surface area contributed by atoms with E-state index in [1.165, 1.54) is 58.0 Å². The largest absolute Gasteiger partial charge is 0.371 e. The van der Waals surface area contributed by atoms with Crippen LogP contribution in [0.3, 0.4) is 0 Å². The second-order valence-corrected chi connectivity index (χ2v) is 5.17. The molecule has 0 saturated carbocycles. The molecule has 0 N–H and O–H groups in total. The van der Waals surface area contributed by atoms with Gasteiger partial charge in [-0.05, 0) is 62.1 Å². The lowest BCUT2D eigenvalue weighted by Gasteiger charge is -2.32. The smallest absolute Gasteiger partial charge is 0.0401 e. The number of aryl methyl sites for hydroxylation is 1. The van der Waals surface area contributed by atoms with E-state index in [9.17, 15) is 0 Å². The summed E-state index contributed by atoms with van der Waals surface area (Å²) in [6.45, 7) is 2.55. The molecule has 0 unspecified atom stereocenters. The van der Waals surface area contributed by atoms with Crippen LogP contribution in [0.5, 0.6) is 0 Å². The van der Waals surface area contributed by atoms with E-state index < -0.39 is 0 Å². The average molecular weight is 215 g/mol. The van der Waals surface area contributed by atoms with Gasteiger partial charge >= 0.3 is 0 Å². The van der Waals surface area contributed by atoms with Crippen LogP contribution in [0, 0.1) is 0 Å². The van der Waals surface area contributed by atoms with E-state index in [1.807, 2.05) is 0 Å². The van der Waals surface area contributed by atoms with Gasteiger partial charge in [-0.1, -0.05) is 12.1 Å². The molecule has 1 heteroatoms. The Kier molecular flexibility index (Phi) is 2.86. The van der Waals surface area contributed by atoms with E-state index in [2.05, 4.69) is 23.1 Å². The van der Waals surface area contributed by atoms with Crippen molar-refractivity contribution in [1.82, 2.24) is 0 Å². The summed E-state index contributed by atoms with van der Waals surface area (Å²) in [6.07, 6.45) is 9.56. The Bertz CT molecular complexity index is 364. The van der Waals surface area contributed by atoms with E-state index in [1.54, 1.807) is 16.8 Å². The van der Waals surface area contributed by atoms with Gasteiger partial charge in [0.2, 0.25) is 0 Å². The molecule has 1 aliphatic heterocycles. The van der Waals surface area contributed by atoms with Crippen LogP contribution >= 0.6 is 0 Å². The third kappa shape index (κ3) is 1.83. The van der Waals surface area contributed by atoms with Crippen molar-refractivity contribution in [2.24, 2.45) is 0 Å². The molecule has 0 aromatic heterocycles. The van der Waals surface area contributed by atoms with Crippen molar-refractivity contribution in [1.29, 1.82) is 0 Å². The molecule has 1 nitrogen and oxygen atoms in total. The first-order valence-electron chi connectivity index (χ1n) is 6.81. The zero-order valence-electron chi connectivity index (χ0n) is 10.0. The van der Waals surface area contributed by atoms with E-state index in [0.717, 1.165) is 0 Å². The van der Waals surface area contributed by atoms with Crippen LogP contribution in [0.2, 0.25) is 0 Å². The number of nitrogens with zero attached hydrogens (tertiary/aromatic N) is 1. The second kappa shape index (κ2) is 4.48. The molecule has 2 aliphatic rings. The first-order valence-corrected chi connectivity index (χ1v) is 6.81. The number of benzene rings is 1. The fraction of sp³-hybridized carbons (Fsp3) is 0.600. The normalized spacial score (nSPS) is 20.6. The summed E-state index contributed by atoms with van der Waals surface area (Å²) < 4.78 is 0. The van der Waals surface area contributed by atoms with Crippen molar-refractivity contribution in [2.75, 3.05) is 18.0 Å². The number of anilines is 1. The van der Waals surface area contributed by atoms with Crippen molar-refractivity contribution >= 4 is 5.69 Å². The van der Waals surface area contributed by atoms with Crippen molar-refractivity contribution in [2.45, 2.75) is 44.9 Å². The van der Waals surface area contributed by atoms with Gasteiger partial charge in [-0.2, -0.15) is 0 Å². The molecule has 3 rings (SSSR count). The predicted molar refractivity (Wildman–Crippen MR) is 69.1 cm³/mol. The van der Waals surface area contributed by atoms with E-state index >= 15 is 0 Å². The SMILES string of the molecule is c1cc2c(c(N3CCCCC3)c1)CCCC2. The maximum atomic E-state index is 2.62. The Hall–Kier alpha value is -0.980. The van der Waals surface area contributed by atoms with Crippen LogP contribution in [-0.2, 0) is 12.8 Å². The third-order valence-electron chi connectivity index (χ3n) is 4.07. The van der Waals surface area contributed by atoms with Crippen LogP contribution in [0.4, 0.5) is 5.69 Å². The lowest BCUT2D eigenvalue weighted by molar-refractivity contribution is 0.573. The fourth-order valence-electron chi connectivity index (χ4n) is 3.19. The van der Waals surface area contributed by atoms with Crippen LogP contribution < -0.4 is 4.90 Å². The molecule has 0 amide bonds. The molecule has 0 spiro atoms. The molecular weight excluding hydrogens is 194 g/mol. The number of hydrogen-bond donors (Lipinski definition) is 0. The highest BCUT2D eigenvalue weighted by molar-refractivity contribution is 5.57. The van der Waals surface area contributed by atoms with E-state index in [0.29, 0.717) is 0 Å². The molecule has 1 aliphatic carbocycles. The van der Waals surface area contributed by atoms with Gasteiger partial charge < -0.3 is 4.90 Å². The molecule has 0 radical (unpaired) electrons. The lowest BCUT2D eigenvalue weighted by Crippen LogP contribution is -2.30. The predicted octanol–water partition coefficient (Wildman–Crippen LogP) is 3.56. The molecule has 0 bridgehead atoms. The fourth-order valence-corrected chi connectivity index (χ4v) is 3.19. The van der Waals surface area contributed by atoms with Crippen molar-refractivity contribution in [3.63, 3.8) is 0 Å². The Labute approximate surface area is 98.5 Å². The van der Waals surface area contributed by atoms with Crippen molar-refractivity contribution < 1.29 is 0 Å². The first-order chi connectivity index (χ1) is 7.95. The standard InChI is InChI=1S/C15H21N/c1-4-11-16(12-5-1)15-10-6-8-13-7-2-3-9-14(13)15/h6,8,10H,1-5,7,9,11-12H2. The second-order valence-electron chi connectivity index (χ2n) is 5.17. The van der Waals surface area contributed by atoms with E-state index in [-0.39, 0.29) is 0 Å². The van der Waals surface area contributed by atoms with Gasteiger partial charge in [0.15, 0.2) is 0 Å². The Morgan fingerprint density at radius 3 is 2.50 bits per heavy atom. The number of piperidine rings is 1. The quantitative estimate of drug-likeness (QED) is 0.692. The summed E-state index contributed by atoms with van der Waals surface area (Å²) in [5.41, 5.74) is 4.84. The maximum absolute atomic E-state index is 2.62. The van der Waals surface area contributed by atoms with Crippen LogP contribution in [0.25, 0.3) is 0 Å². The Morgan fingerprint density at radius 2 is 1.62 bits per heavy atom. The van der Waals surface area contributed by atoms with Gasteiger partial charge in [0.05, 0.1) is 0 Å². The monoisotopic (exact) mass is 215 g/mol. The summed E-state index contributed by atoms with van der Waals surface area (Å²) in [5.74, 6) is 0. The van der Waals surface area contributed by atoms with Crippen LogP contribution in [-0.4, -0.2) is 13.1 Å². The van der Waals surface area contributed by atoms with Gasteiger partial charge in [-0.3, -0.25) is 0 Å². The zero-order valence-corrected chi connectivity index (χ0v) is 10.0. The van der Waals surface area contributed by atoms with Gasteiger partial charge in [0.1, 0.15) is 0 Å². The molecule has 1 fully saturated rings. The highest BCUT2D eigenvalue weighted by Crippen LogP contribution is 2.31.